The summed E-state index contributed by atoms with van der Waals surface area (Å²) in [5.74, 6) is 0. The van der Waals surface area contributed by atoms with Gasteiger partial charge in [-0.1, -0.05) is 0 Å². The quantitative estimate of drug-likeness (QED) is 0.413. The van der Waals surface area contributed by atoms with Crippen LogP contribution in [-0.2, 0) is 36.0 Å². The topological polar surface area (TPSA) is 17.1 Å². The second kappa shape index (κ2) is 23.7. The van der Waals surface area contributed by atoms with Gasteiger partial charge in [0.05, 0.1) is 0 Å². The van der Waals surface area contributed by atoms with Crippen LogP contribution >= 0.6 is 0 Å². The molecule has 0 fully saturated rings. The van der Waals surface area contributed by atoms with Crippen LogP contribution in [0.4, 0.5) is 0 Å². The molecule has 0 bridgehead atoms. The molecule has 0 rings (SSSR count). The molecule has 0 N–H and O–H groups in total. The molecule has 4 heteroatoms. The van der Waals surface area contributed by atoms with Gasteiger partial charge in [-0.3, -0.25) is 0 Å². The Morgan fingerprint density at radius 3 is 1.25 bits per heavy atom. The number of rotatable bonds is 0. The third-order valence-corrected chi connectivity index (χ3v) is 0. The molecule has 0 aromatic rings. The first-order chi connectivity index (χ1) is 1.00. The van der Waals surface area contributed by atoms with Gasteiger partial charge < -0.3 is 0 Å². The molecule has 0 aliphatic heterocycles. The molecule has 4 heavy (non-hydrogen) atoms. The molecule has 29 valence electrons. The normalized spacial score (nSPS) is 1.25. The van der Waals surface area contributed by atoms with Gasteiger partial charge in [-0.05, 0) is 0 Å². The number of hydrogen-bond donors (Lipinski definition) is 0. The molecular weight excluding hydrogens is 158 g/mol. The van der Waals surface area contributed by atoms with Crippen molar-refractivity contribution in [1.82, 2.24) is 0 Å². The Kier molecular flexibility index (Phi) is 104. The van der Waals surface area contributed by atoms with Crippen LogP contribution in [0.2, 0.25) is 0 Å². The summed E-state index contributed by atoms with van der Waals surface area (Å²) in [5, 5.41) is 0. The molecule has 0 amide bonds. The summed E-state index contributed by atoms with van der Waals surface area (Å²) in [7, 11) is 0. The summed E-state index contributed by atoms with van der Waals surface area (Å²) >= 11 is 2.31. The van der Waals surface area contributed by atoms with Crippen molar-refractivity contribution in [3.63, 3.8) is 0 Å². The van der Waals surface area contributed by atoms with Gasteiger partial charge in [-0.25, -0.2) is 0 Å². The standard InChI is InChI=1S/Co.Mg.Ni.O.2H. The minimum atomic E-state index is 0. The Morgan fingerprint density at radius 2 is 1.25 bits per heavy atom. The van der Waals surface area contributed by atoms with Crippen LogP contribution in [0.25, 0.3) is 0 Å². The van der Waals surface area contributed by atoms with E-state index in [1.165, 1.54) is 0 Å². The Balaban J connectivity index is -0.00000000500. The predicted octanol–water partition coefficient (Wildman–Crippen LogP) is -1.04. The summed E-state index contributed by atoms with van der Waals surface area (Å²) < 4.78 is 7.94. The van der Waals surface area contributed by atoms with Gasteiger partial charge >= 0.3 is 42.6 Å². The van der Waals surface area contributed by atoms with Gasteiger partial charge in [0, 0.05) is 16.5 Å². The van der Waals surface area contributed by atoms with E-state index in [0.29, 0.717) is 0 Å². The SMILES string of the molecule is [MgH2].[Ni].[O]=[Co]. The van der Waals surface area contributed by atoms with E-state index in [9.17, 15) is 0 Å². The first-order valence-corrected chi connectivity index (χ1v) is 0.561. The molecule has 0 saturated carbocycles. The van der Waals surface area contributed by atoms with Crippen molar-refractivity contribution in [3.05, 3.63) is 0 Å². The van der Waals surface area contributed by atoms with Crippen LogP contribution < -0.4 is 0 Å². The van der Waals surface area contributed by atoms with Gasteiger partial charge in [-0.15, -0.1) is 0 Å². The first-order valence-electron chi connectivity index (χ1n) is 0.136. The monoisotopic (exact) mass is 159 g/mol. The molecule has 0 radical (unpaired) electrons. The van der Waals surface area contributed by atoms with Gasteiger partial charge in [0.2, 0.25) is 0 Å². The van der Waals surface area contributed by atoms with Crippen LogP contribution in [0.1, 0.15) is 0 Å². The Labute approximate surface area is 58.8 Å². The second-order valence-corrected chi connectivity index (χ2v) is 0. The van der Waals surface area contributed by atoms with Gasteiger partial charge in [-0.2, -0.15) is 0 Å². The zero-order chi connectivity index (χ0) is 2.00. The van der Waals surface area contributed by atoms with E-state index < -0.39 is 0 Å². The van der Waals surface area contributed by atoms with Crippen molar-refractivity contribution in [2.75, 3.05) is 0 Å². The van der Waals surface area contributed by atoms with E-state index >= 15 is 0 Å². The molecule has 0 aromatic heterocycles. The van der Waals surface area contributed by atoms with E-state index in [0.717, 1.165) is 0 Å². The summed E-state index contributed by atoms with van der Waals surface area (Å²) in [5.41, 5.74) is 0. The maximum absolute atomic E-state index is 7.94. The maximum atomic E-state index is 7.94. The van der Waals surface area contributed by atoms with E-state index in [-0.39, 0.29) is 39.5 Å². The average Bonchev–Trinajstić information content (AvgIpc) is 1.00. The molecular formula is H2CoMgNiO. The zero-order valence-corrected chi connectivity index (χ0v) is 3.09. The molecule has 1 nitrogen and oxygen atoms in total. The van der Waals surface area contributed by atoms with Crippen LogP contribution in [-0.4, -0.2) is 23.1 Å². The fourth-order valence-electron chi connectivity index (χ4n) is 0. The predicted molar refractivity (Wildman–Crippen MR) is 9.23 cm³/mol. The third-order valence-electron chi connectivity index (χ3n) is 0. The fourth-order valence-corrected chi connectivity index (χ4v) is 0. The zero-order valence-electron chi connectivity index (χ0n) is 1.06. The minimum absolute atomic E-state index is 0. The molecule has 0 unspecified atom stereocenters. The first kappa shape index (κ1) is 17.6. The van der Waals surface area contributed by atoms with E-state index in [2.05, 4.69) is 15.7 Å². The molecule has 0 aliphatic rings. The summed E-state index contributed by atoms with van der Waals surface area (Å²) in [6, 6.07) is 0. The summed E-state index contributed by atoms with van der Waals surface area (Å²) in [4.78, 5) is 0. The van der Waals surface area contributed by atoms with E-state index in [1.54, 1.807) is 0 Å². The Bertz CT molecular complexity index is 8.00. The Hall–Kier alpha value is 1.57. The molecule has 0 aromatic carbocycles. The molecule has 0 spiro atoms. The summed E-state index contributed by atoms with van der Waals surface area (Å²) in [6.45, 7) is 0. The second-order valence-electron chi connectivity index (χ2n) is 0. The van der Waals surface area contributed by atoms with Crippen molar-refractivity contribution < 1.29 is 36.0 Å². The molecule has 0 saturated heterocycles. The van der Waals surface area contributed by atoms with E-state index in [4.69, 9.17) is 3.87 Å². The van der Waals surface area contributed by atoms with Crippen LogP contribution in [0.5, 0.6) is 0 Å². The molecule has 0 aliphatic carbocycles. The van der Waals surface area contributed by atoms with Crippen LogP contribution in [0.3, 0.4) is 0 Å². The average molecular weight is 160 g/mol. The molecule has 0 atom stereocenters. The Morgan fingerprint density at radius 1 is 1.25 bits per heavy atom. The fraction of sp³-hybridized carbons (Fsp3) is 0. The molecule has 0 heterocycles. The van der Waals surface area contributed by atoms with Gasteiger partial charge in [0.1, 0.15) is 0 Å². The van der Waals surface area contributed by atoms with Crippen molar-refractivity contribution in [2.24, 2.45) is 0 Å². The number of hydrogen-bond acceptors (Lipinski definition) is 1. The van der Waals surface area contributed by atoms with E-state index in [1.807, 2.05) is 0 Å². The van der Waals surface area contributed by atoms with Gasteiger partial charge in [0.15, 0.2) is 0 Å². The van der Waals surface area contributed by atoms with Crippen LogP contribution in [0, 0.1) is 0 Å². The van der Waals surface area contributed by atoms with Crippen LogP contribution in [0.15, 0.2) is 0 Å². The van der Waals surface area contributed by atoms with Crippen molar-refractivity contribution in [3.8, 4) is 0 Å². The summed E-state index contributed by atoms with van der Waals surface area (Å²) in [6.07, 6.45) is 0. The van der Waals surface area contributed by atoms with Crippen molar-refractivity contribution in [2.45, 2.75) is 0 Å². The third kappa shape index (κ3) is 9.57. The van der Waals surface area contributed by atoms with Crippen molar-refractivity contribution in [1.29, 1.82) is 0 Å². The van der Waals surface area contributed by atoms with Crippen molar-refractivity contribution >= 4 is 23.1 Å². The van der Waals surface area contributed by atoms with Gasteiger partial charge in [0.25, 0.3) is 0 Å².